The number of thiophene rings is 1. The monoisotopic (exact) mass is 327 g/mol. The third-order valence-electron chi connectivity index (χ3n) is 2.89. The molecule has 3 nitrogen and oxygen atoms in total. The van der Waals surface area contributed by atoms with Crippen LogP contribution in [0.4, 0.5) is 0 Å². The predicted octanol–water partition coefficient (Wildman–Crippen LogP) is 3.53. The van der Waals surface area contributed by atoms with Gasteiger partial charge in [0.25, 0.3) is 0 Å². The molecule has 0 spiro atoms. The lowest BCUT2D eigenvalue weighted by Crippen LogP contribution is -2.25. The lowest BCUT2D eigenvalue weighted by molar-refractivity contribution is 0.507. The van der Waals surface area contributed by atoms with Crippen LogP contribution in [0.5, 0.6) is 0 Å². The fraction of sp³-hybridized carbons (Fsp3) is 0.462. The Kier molecular flexibility index (Phi) is 4.97. The number of hydrogen-bond acceptors (Lipinski definition) is 3. The molecule has 2 aromatic rings. The third-order valence-corrected chi connectivity index (χ3v) is 4.53. The SMILES string of the molecule is CCCNC(Cc1ccc(Br)s1)c1cncn1C. The molecule has 0 saturated carbocycles. The molecule has 98 valence electrons. The minimum absolute atomic E-state index is 0.336. The molecule has 5 heteroatoms. The Labute approximate surface area is 120 Å². The van der Waals surface area contributed by atoms with Crippen LogP contribution in [0.25, 0.3) is 0 Å². The van der Waals surface area contributed by atoms with Crippen molar-refractivity contribution in [3.05, 3.63) is 39.0 Å². The topological polar surface area (TPSA) is 29.9 Å². The number of halogens is 1. The van der Waals surface area contributed by atoms with E-state index in [9.17, 15) is 0 Å². The lowest BCUT2D eigenvalue weighted by atomic mass is 10.1. The van der Waals surface area contributed by atoms with Gasteiger partial charge in [0.1, 0.15) is 0 Å². The van der Waals surface area contributed by atoms with Crippen LogP contribution in [0.1, 0.15) is 30.0 Å². The minimum Gasteiger partial charge on any atom is -0.336 e. The first-order valence-electron chi connectivity index (χ1n) is 6.14. The summed E-state index contributed by atoms with van der Waals surface area (Å²) in [5.41, 5.74) is 1.24. The van der Waals surface area contributed by atoms with Gasteiger partial charge in [-0.05, 0) is 41.0 Å². The van der Waals surface area contributed by atoms with E-state index in [0.29, 0.717) is 6.04 Å². The molecule has 0 aliphatic heterocycles. The van der Waals surface area contributed by atoms with Crippen molar-refractivity contribution < 1.29 is 0 Å². The summed E-state index contributed by atoms with van der Waals surface area (Å²) in [4.78, 5) is 5.60. The summed E-state index contributed by atoms with van der Waals surface area (Å²) in [7, 11) is 2.05. The highest BCUT2D eigenvalue weighted by Gasteiger charge is 2.15. The second-order valence-electron chi connectivity index (χ2n) is 4.35. The van der Waals surface area contributed by atoms with Crippen LogP contribution in [-0.2, 0) is 13.5 Å². The second kappa shape index (κ2) is 6.50. The van der Waals surface area contributed by atoms with Crippen molar-refractivity contribution in [3.8, 4) is 0 Å². The van der Waals surface area contributed by atoms with E-state index in [1.807, 2.05) is 19.6 Å². The van der Waals surface area contributed by atoms with Gasteiger partial charge in [-0.1, -0.05) is 6.92 Å². The molecule has 0 fully saturated rings. The molecule has 2 rings (SSSR count). The van der Waals surface area contributed by atoms with Gasteiger partial charge in [-0.2, -0.15) is 0 Å². The number of aromatic nitrogens is 2. The molecule has 0 radical (unpaired) electrons. The van der Waals surface area contributed by atoms with Crippen LogP contribution in [0.2, 0.25) is 0 Å². The van der Waals surface area contributed by atoms with Crippen molar-refractivity contribution in [2.24, 2.45) is 7.05 Å². The van der Waals surface area contributed by atoms with Crippen LogP contribution < -0.4 is 5.32 Å². The Bertz CT molecular complexity index is 492. The lowest BCUT2D eigenvalue weighted by Gasteiger charge is -2.18. The molecule has 1 N–H and O–H groups in total. The smallest absolute Gasteiger partial charge is 0.0946 e. The summed E-state index contributed by atoms with van der Waals surface area (Å²) >= 11 is 5.32. The zero-order chi connectivity index (χ0) is 13.0. The number of aryl methyl sites for hydroxylation is 1. The van der Waals surface area contributed by atoms with Crippen LogP contribution in [0.15, 0.2) is 28.4 Å². The zero-order valence-electron chi connectivity index (χ0n) is 10.7. The normalized spacial score (nSPS) is 12.8. The van der Waals surface area contributed by atoms with Crippen LogP contribution in [0, 0.1) is 0 Å². The van der Waals surface area contributed by atoms with E-state index in [1.165, 1.54) is 14.4 Å². The fourth-order valence-electron chi connectivity index (χ4n) is 1.97. The van der Waals surface area contributed by atoms with Gasteiger partial charge in [0.2, 0.25) is 0 Å². The highest BCUT2D eigenvalue weighted by Crippen LogP contribution is 2.26. The van der Waals surface area contributed by atoms with Crippen molar-refractivity contribution in [1.82, 2.24) is 14.9 Å². The molecule has 0 bridgehead atoms. The maximum atomic E-state index is 4.21. The number of nitrogens with zero attached hydrogens (tertiary/aromatic N) is 2. The van der Waals surface area contributed by atoms with E-state index in [2.05, 4.69) is 49.9 Å². The number of rotatable bonds is 6. The average molecular weight is 328 g/mol. The molecule has 2 aromatic heterocycles. The predicted molar refractivity (Wildman–Crippen MR) is 80.0 cm³/mol. The highest BCUT2D eigenvalue weighted by molar-refractivity contribution is 9.11. The summed E-state index contributed by atoms with van der Waals surface area (Å²) < 4.78 is 3.28. The van der Waals surface area contributed by atoms with E-state index in [-0.39, 0.29) is 0 Å². The number of hydrogen-bond donors (Lipinski definition) is 1. The summed E-state index contributed by atoms with van der Waals surface area (Å²) in [6, 6.07) is 4.63. The fourth-order valence-corrected chi connectivity index (χ4v) is 3.49. The molecule has 0 aromatic carbocycles. The third kappa shape index (κ3) is 3.43. The second-order valence-corrected chi connectivity index (χ2v) is 6.89. The van der Waals surface area contributed by atoms with Crippen LogP contribution >= 0.6 is 27.3 Å². The van der Waals surface area contributed by atoms with E-state index >= 15 is 0 Å². The van der Waals surface area contributed by atoms with Gasteiger partial charge in [0, 0.05) is 24.5 Å². The van der Waals surface area contributed by atoms with Crippen molar-refractivity contribution in [2.45, 2.75) is 25.8 Å². The van der Waals surface area contributed by atoms with Gasteiger partial charge in [-0.15, -0.1) is 11.3 Å². The molecule has 0 saturated heterocycles. The first kappa shape index (κ1) is 13.8. The van der Waals surface area contributed by atoms with E-state index in [1.54, 1.807) is 11.3 Å². The summed E-state index contributed by atoms with van der Waals surface area (Å²) in [5, 5.41) is 3.60. The van der Waals surface area contributed by atoms with Crippen molar-refractivity contribution in [2.75, 3.05) is 6.54 Å². The molecular weight excluding hydrogens is 310 g/mol. The van der Waals surface area contributed by atoms with Crippen molar-refractivity contribution in [1.29, 1.82) is 0 Å². The Morgan fingerprint density at radius 3 is 2.89 bits per heavy atom. The van der Waals surface area contributed by atoms with E-state index in [4.69, 9.17) is 0 Å². The largest absolute Gasteiger partial charge is 0.336 e. The van der Waals surface area contributed by atoms with Gasteiger partial charge in [-0.25, -0.2) is 4.98 Å². The van der Waals surface area contributed by atoms with Gasteiger partial charge in [-0.3, -0.25) is 0 Å². The van der Waals surface area contributed by atoms with Gasteiger partial charge < -0.3 is 9.88 Å². The van der Waals surface area contributed by atoms with Gasteiger partial charge in [0.05, 0.1) is 21.8 Å². The van der Waals surface area contributed by atoms with E-state index in [0.717, 1.165) is 19.4 Å². The van der Waals surface area contributed by atoms with Gasteiger partial charge in [0.15, 0.2) is 0 Å². The van der Waals surface area contributed by atoms with Gasteiger partial charge >= 0.3 is 0 Å². The minimum atomic E-state index is 0.336. The first-order valence-corrected chi connectivity index (χ1v) is 7.75. The number of nitrogens with one attached hydrogen (secondary N) is 1. The first-order chi connectivity index (χ1) is 8.70. The molecule has 0 amide bonds. The molecular formula is C13H18BrN3S. The van der Waals surface area contributed by atoms with Crippen LogP contribution in [0.3, 0.4) is 0 Å². The average Bonchev–Trinajstić information content (AvgIpc) is 2.93. The molecule has 0 aliphatic rings. The Morgan fingerprint density at radius 1 is 1.50 bits per heavy atom. The Hall–Kier alpha value is -0.650. The number of imidazole rings is 1. The van der Waals surface area contributed by atoms with E-state index < -0.39 is 0 Å². The molecule has 0 aliphatic carbocycles. The maximum Gasteiger partial charge on any atom is 0.0946 e. The Morgan fingerprint density at radius 2 is 2.33 bits per heavy atom. The van der Waals surface area contributed by atoms with Crippen LogP contribution in [-0.4, -0.2) is 16.1 Å². The summed E-state index contributed by atoms with van der Waals surface area (Å²) in [5.74, 6) is 0. The Balaban J connectivity index is 2.12. The summed E-state index contributed by atoms with van der Waals surface area (Å²) in [6.07, 6.45) is 5.97. The maximum absolute atomic E-state index is 4.21. The van der Waals surface area contributed by atoms with Crippen molar-refractivity contribution >= 4 is 27.3 Å². The molecule has 1 unspecified atom stereocenters. The quantitative estimate of drug-likeness (QED) is 0.879. The van der Waals surface area contributed by atoms with Crippen molar-refractivity contribution in [3.63, 3.8) is 0 Å². The molecule has 2 heterocycles. The standard InChI is InChI=1S/C13H18BrN3S/c1-3-6-16-11(12-8-15-9-17(12)2)7-10-4-5-13(14)18-10/h4-5,8-9,11,16H,3,6-7H2,1-2H3. The molecule has 18 heavy (non-hydrogen) atoms. The highest BCUT2D eigenvalue weighted by atomic mass is 79.9. The summed E-state index contributed by atoms with van der Waals surface area (Å²) in [6.45, 7) is 3.22. The zero-order valence-corrected chi connectivity index (χ0v) is 13.1. The molecule has 1 atom stereocenters.